The van der Waals surface area contributed by atoms with Crippen molar-refractivity contribution in [2.75, 3.05) is 4.72 Å². The first-order chi connectivity index (χ1) is 12.9. The maximum Gasteiger partial charge on any atom is 0.416 e. The van der Waals surface area contributed by atoms with Gasteiger partial charge in [-0.05, 0) is 30.3 Å². The van der Waals surface area contributed by atoms with Crippen LogP contribution in [-0.4, -0.2) is 13.4 Å². The van der Waals surface area contributed by atoms with Gasteiger partial charge in [0, 0.05) is 11.6 Å². The Labute approximate surface area is 154 Å². The number of fused-ring (bicyclic) bond motifs is 1. The van der Waals surface area contributed by atoms with E-state index in [4.69, 9.17) is 0 Å². The van der Waals surface area contributed by atoms with E-state index >= 15 is 0 Å². The van der Waals surface area contributed by atoms with Crippen molar-refractivity contribution in [3.63, 3.8) is 0 Å². The molecule has 3 aromatic rings. The van der Waals surface area contributed by atoms with Crippen LogP contribution in [0.4, 0.5) is 32.0 Å². The Morgan fingerprint density at radius 3 is 1.96 bits per heavy atom. The molecule has 148 valence electrons. The Bertz CT molecular complexity index is 1100. The zero-order chi connectivity index (χ0) is 20.7. The maximum atomic E-state index is 13.0. The highest BCUT2D eigenvalue weighted by Gasteiger charge is 2.38. The van der Waals surface area contributed by atoms with Crippen molar-refractivity contribution < 1.29 is 34.8 Å². The van der Waals surface area contributed by atoms with E-state index < -0.39 is 38.4 Å². The molecule has 0 aliphatic carbocycles. The van der Waals surface area contributed by atoms with Gasteiger partial charge in [0.05, 0.1) is 27.2 Å². The molecule has 0 saturated heterocycles. The second kappa shape index (κ2) is 6.66. The van der Waals surface area contributed by atoms with Gasteiger partial charge in [-0.1, -0.05) is 18.2 Å². The van der Waals surface area contributed by atoms with Gasteiger partial charge in [0.1, 0.15) is 0 Å². The molecule has 0 amide bonds. The standard InChI is InChI=1S/C17H10F6N2O2S/c18-16(19,20)11-7-12(17(21,22)23)9-13(8-11)28(26,27)25-14-5-1-3-10-4-2-6-24-15(10)14/h1-9,25H. The highest BCUT2D eigenvalue weighted by Crippen LogP contribution is 2.37. The molecular weight excluding hydrogens is 410 g/mol. The van der Waals surface area contributed by atoms with Gasteiger partial charge in [0.25, 0.3) is 10.0 Å². The molecule has 0 aliphatic heterocycles. The van der Waals surface area contributed by atoms with E-state index in [9.17, 15) is 34.8 Å². The van der Waals surface area contributed by atoms with E-state index in [-0.39, 0.29) is 29.4 Å². The van der Waals surface area contributed by atoms with Crippen molar-refractivity contribution in [1.82, 2.24) is 4.98 Å². The summed E-state index contributed by atoms with van der Waals surface area (Å²) in [6, 6.07) is 7.74. The normalized spacial score (nSPS) is 12.9. The van der Waals surface area contributed by atoms with E-state index in [1.807, 2.05) is 4.72 Å². The summed E-state index contributed by atoms with van der Waals surface area (Å²) in [4.78, 5) is 2.82. The van der Waals surface area contributed by atoms with E-state index in [1.54, 1.807) is 18.2 Å². The lowest BCUT2D eigenvalue weighted by atomic mass is 10.1. The van der Waals surface area contributed by atoms with Crippen LogP contribution in [0.2, 0.25) is 0 Å². The van der Waals surface area contributed by atoms with Gasteiger partial charge in [0.15, 0.2) is 0 Å². The Morgan fingerprint density at radius 2 is 1.39 bits per heavy atom. The molecule has 1 N–H and O–H groups in total. The number of nitrogens with one attached hydrogen (secondary N) is 1. The minimum absolute atomic E-state index is 0.0796. The number of hydrogen-bond donors (Lipinski definition) is 1. The van der Waals surface area contributed by atoms with Crippen molar-refractivity contribution in [3.8, 4) is 0 Å². The molecule has 0 radical (unpaired) electrons. The zero-order valence-electron chi connectivity index (χ0n) is 13.6. The zero-order valence-corrected chi connectivity index (χ0v) is 14.5. The molecule has 3 rings (SSSR count). The lowest BCUT2D eigenvalue weighted by Gasteiger charge is -2.15. The van der Waals surface area contributed by atoms with Crippen LogP contribution in [-0.2, 0) is 22.4 Å². The molecule has 0 fully saturated rings. The van der Waals surface area contributed by atoms with Crippen LogP contribution in [0.15, 0.2) is 59.6 Å². The van der Waals surface area contributed by atoms with Gasteiger partial charge in [-0.2, -0.15) is 26.3 Å². The third kappa shape index (κ3) is 4.03. The Hall–Kier alpha value is -2.82. The summed E-state index contributed by atoms with van der Waals surface area (Å²) in [5.74, 6) is 0. The second-order valence-electron chi connectivity index (χ2n) is 5.73. The number of rotatable bonds is 3. The van der Waals surface area contributed by atoms with Gasteiger partial charge in [-0.3, -0.25) is 9.71 Å². The van der Waals surface area contributed by atoms with Gasteiger partial charge in [-0.15, -0.1) is 0 Å². The van der Waals surface area contributed by atoms with Gasteiger partial charge in [0.2, 0.25) is 0 Å². The predicted octanol–water partition coefficient (Wildman–Crippen LogP) is 5.07. The monoisotopic (exact) mass is 420 g/mol. The van der Waals surface area contributed by atoms with Crippen molar-refractivity contribution in [2.24, 2.45) is 0 Å². The fourth-order valence-electron chi connectivity index (χ4n) is 2.47. The highest BCUT2D eigenvalue weighted by molar-refractivity contribution is 7.92. The van der Waals surface area contributed by atoms with Crippen LogP contribution in [0.3, 0.4) is 0 Å². The van der Waals surface area contributed by atoms with Crippen LogP contribution in [0.5, 0.6) is 0 Å². The van der Waals surface area contributed by atoms with Crippen molar-refractivity contribution >= 4 is 26.6 Å². The SMILES string of the molecule is O=S(=O)(Nc1cccc2cccnc12)c1cc(C(F)(F)F)cc(C(F)(F)F)c1. The number of pyridine rings is 1. The number of sulfonamides is 1. The third-order valence-electron chi connectivity index (χ3n) is 3.75. The quantitative estimate of drug-likeness (QED) is 0.602. The van der Waals surface area contributed by atoms with Gasteiger partial charge >= 0.3 is 12.4 Å². The first kappa shape index (κ1) is 19.9. The first-order valence-electron chi connectivity index (χ1n) is 7.54. The number of aromatic nitrogens is 1. The minimum atomic E-state index is -5.16. The number of benzene rings is 2. The number of halogens is 6. The van der Waals surface area contributed by atoms with Crippen LogP contribution in [0.1, 0.15) is 11.1 Å². The molecule has 2 aromatic carbocycles. The smallest absolute Gasteiger partial charge is 0.277 e. The molecule has 11 heteroatoms. The lowest BCUT2D eigenvalue weighted by molar-refractivity contribution is -0.143. The molecule has 0 unspecified atom stereocenters. The molecule has 28 heavy (non-hydrogen) atoms. The fourth-order valence-corrected chi connectivity index (χ4v) is 3.61. The Balaban J connectivity index is 2.13. The molecule has 0 atom stereocenters. The molecule has 0 aliphatic rings. The van der Waals surface area contributed by atoms with Crippen LogP contribution >= 0.6 is 0 Å². The Morgan fingerprint density at radius 1 is 0.821 bits per heavy atom. The molecule has 0 saturated carbocycles. The summed E-state index contributed by atoms with van der Waals surface area (Å²) < 4.78 is 105. The topological polar surface area (TPSA) is 59.1 Å². The molecule has 1 heterocycles. The second-order valence-corrected chi connectivity index (χ2v) is 7.41. The van der Waals surface area contributed by atoms with Crippen LogP contribution in [0, 0.1) is 0 Å². The summed E-state index contributed by atoms with van der Waals surface area (Å²) in [6.45, 7) is 0. The summed E-state index contributed by atoms with van der Waals surface area (Å²) >= 11 is 0. The summed E-state index contributed by atoms with van der Waals surface area (Å²) in [5.41, 5.74) is -3.34. The molecule has 0 spiro atoms. The average molecular weight is 420 g/mol. The van der Waals surface area contributed by atoms with Crippen molar-refractivity contribution in [1.29, 1.82) is 0 Å². The number of alkyl halides is 6. The van der Waals surface area contributed by atoms with Crippen LogP contribution < -0.4 is 4.72 Å². The Kier molecular flexibility index (Phi) is 4.74. The highest BCUT2D eigenvalue weighted by atomic mass is 32.2. The molecule has 4 nitrogen and oxygen atoms in total. The number of nitrogens with zero attached hydrogens (tertiary/aromatic N) is 1. The van der Waals surface area contributed by atoms with Crippen LogP contribution in [0.25, 0.3) is 10.9 Å². The predicted molar refractivity (Wildman–Crippen MR) is 89.0 cm³/mol. The average Bonchev–Trinajstić information content (AvgIpc) is 2.60. The number of para-hydroxylation sites is 1. The first-order valence-corrected chi connectivity index (χ1v) is 9.02. The van der Waals surface area contributed by atoms with E-state index in [2.05, 4.69) is 4.98 Å². The number of anilines is 1. The van der Waals surface area contributed by atoms with E-state index in [1.165, 1.54) is 18.3 Å². The molecule has 1 aromatic heterocycles. The summed E-state index contributed by atoms with van der Waals surface area (Å²) in [5, 5.41) is 0.530. The summed E-state index contributed by atoms with van der Waals surface area (Å²) in [6.07, 6.45) is -8.95. The number of hydrogen-bond acceptors (Lipinski definition) is 3. The minimum Gasteiger partial charge on any atom is -0.277 e. The summed E-state index contributed by atoms with van der Waals surface area (Å²) in [7, 11) is -4.76. The van der Waals surface area contributed by atoms with Gasteiger partial charge < -0.3 is 0 Å². The largest absolute Gasteiger partial charge is 0.416 e. The van der Waals surface area contributed by atoms with E-state index in [0.717, 1.165) is 0 Å². The third-order valence-corrected chi connectivity index (χ3v) is 5.09. The van der Waals surface area contributed by atoms with Gasteiger partial charge in [-0.25, -0.2) is 8.42 Å². The lowest BCUT2D eigenvalue weighted by Crippen LogP contribution is -2.17. The molecule has 0 bridgehead atoms. The molecular formula is C17H10F6N2O2S. The van der Waals surface area contributed by atoms with Crippen molar-refractivity contribution in [2.45, 2.75) is 17.2 Å². The maximum absolute atomic E-state index is 13.0. The van der Waals surface area contributed by atoms with Crippen molar-refractivity contribution in [3.05, 3.63) is 65.9 Å². The fraction of sp³-hybridized carbons (Fsp3) is 0.118. The van der Waals surface area contributed by atoms with E-state index in [0.29, 0.717) is 5.39 Å².